The molecule has 0 spiro atoms. The number of methoxy groups -OCH3 is 1. The largest absolute Gasteiger partial charge is 0.476 e. The molecule has 1 aromatic heterocycles. The summed E-state index contributed by atoms with van der Waals surface area (Å²) in [4.78, 5) is 10.4. The zero-order valence-corrected chi connectivity index (χ0v) is 4.99. The molecule has 0 aromatic carbocycles. The Kier molecular flexibility index (Phi) is 1.29. The van der Waals surface area contributed by atoms with Crippen LogP contribution in [0.5, 0.6) is 5.88 Å². The second-order valence-corrected chi connectivity index (χ2v) is 1.69. The Labute approximate surface area is 49.4 Å². The number of H-pyrrole nitrogens is 1. The number of aromatic nitrogens is 2. The van der Waals surface area contributed by atoms with Crippen molar-refractivity contribution in [3.05, 3.63) is 10.4 Å². The molecule has 0 fully saturated rings. The SMILES string of the molecule is COc1ns[nH]c1=O. The summed E-state index contributed by atoms with van der Waals surface area (Å²) < 4.78 is 10.5. The average molecular weight is 132 g/mol. The molecule has 4 nitrogen and oxygen atoms in total. The highest BCUT2D eigenvalue weighted by Gasteiger charge is 1.97. The van der Waals surface area contributed by atoms with Crippen LogP contribution in [-0.2, 0) is 0 Å². The van der Waals surface area contributed by atoms with Gasteiger partial charge in [-0.1, -0.05) is 0 Å². The maximum atomic E-state index is 10.4. The first-order valence-electron chi connectivity index (χ1n) is 1.93. The summed E-state index contributed by atoms with van der Waals surface area (Å²) in [5.41, 5.74) is -0.266. The number of hydrogen-bond acceptors (Lipinski definition) is 4. The van der Waals surface area contributed by atoms with Crippen molar-refractivity contribution in [2.24, 2.45) is 0 Å². The van der Waals surface area contributed by atoms with Crippen molar-refractivity contribution in [2.75, 3.05) is 7.11 Å². The standard InChI is InChI=1S/C3H4N2O2S/c1-7-3-2(6)4-8-5-3/h1H3,(H,4,6). The zero-order valence-electron chi connectivity index (χ0n) is 4.17. The molecule has 0 bridgehead atoms. The Morgan fingerprint density at radius 1 is 1.88 bits per heavy atom. The van der Waals surface area contributed by atoms with Crippen molar-refractivity contribution < 1.29 is 4.74 Å². The molecule has 1 rings (SSSR count). The van der Waals surface area contributed by atoms with Gasteiger partial charge in [-0.25, -0.2) is 0 Å². The molecule has 0 unspecified atom stereocenters. The summed E-state index contributed by atoms with van der Waals surface area (Å²) in [6.45, 7) is 0. The monoisotopic (exact) mass is 132 g/mol. The van der Waals surface area contributed by atoms with Crippen LogP contribution < -0.4 is 10.3 Å². The van der Waals surface area contributed by atoms with E-state index in [1.807, 2.05) is 0 Å². The van der Waals surface area contributed by atoms with Crippen LogP contribution in [0.25, 0.3) is 0 Å². The van der Waals surface area contributed by atoms with Gasteiger partial charge in [0.25, 0.3) is 5.88 Å². The van der Waals surface area contributed by atoms with Crippen LogP contribution in [0, 0.1) is 0 Å². The molecule has 1 heterocycles. The Morgan fingerprint density at radius 3 is 2.88 bits per heavy atom. The minimum atomic E-state index is -0.266. The van der Waals surface area contributed by atoms with E-state index in [0.29, 0.717) is 0 Å². The van der Waals surface area contributed by atoms with E-state index in [0.717, 1.165) is 11.7 Å². The van der Waals surface area contributed by atoms with Crippen LogP contribution >= 0.6 is 11.7 Å². The second kappa shape index (κ2) is 1.95. The van der Waals surface area contributed by atoms with Gasteiger partial charge >= 0.3 is 5.56 Å². The molecule has 1 N–H and O–H groups in total. The molecule has 0 saturated carbocycles. The Hall–Kier alpha value is -0.840. The van der Waals surface area contributed by atoms with Crippen molar-refractivity contribution in [1.29, 1.82) is 0 Å². The lowest BCUT2D eigenvalue weighted by atomic mass is 10.8. The van der Waals surface area contributed by atoms with Gasteiger partial charge in [0.15, 0.2) is 0 Å². The summed E-state index contributed by atoms with van der Waals surface area (Å²) in [5, 5.41) is 0. The van der Waals surface area contributed by atoms with Crippen molar-refractivity contribution in [2.45, 2.75) is 0 Å². The minimum Gasteiger partial charge on any atom is -0.476 e. The van der Waals surface area contributed by atoms with Crippen LogP contribution in [0.3, 0.4) is 0 Å². The van der Waals surface area contributed by atoms with E-state index in [1.165, 1.54) is 7.11 Å². The zero-order chi connectivity index (χ0) is 5.98. The lowest BCUT2D eigenvalue weighted by molar-refractivity contribution is 0.397. The van der Waals surface area contributed by atoms with Gasteiger partial charge in [0.2, 0.25) is 0 Å². The van der Waals surface area contributed by atoms with Gasteiger partial charge in [-0.2, -0.15) is 0 Å². The Balaban J connectivity index is 3.11. The lowest BCUT2D eigenvalue weighted by Gasteiger charge is -1.82. The highest BCUT2D eigenvalue weighted by molar-refractivity contribution is 6.99. The van der Waals surface area contributed by atoms with Gasteiger partial charge in [0.05, 0.1) is 7.11 Å². The van der Waals surface area contributed by atoms with Crippen molar-refractivity contribution >= 4 is 11.7 Å². The molecule has 0 saturated heterocycles. The maximum absolute atomic E-state index is 10.4. The number of nitrogens with zero attached hydrogens (tertiary/aromatic N) is 1. The van der Waals surface area contributed by atoms with E-state index in [-0.39, 0.29) is 11.4 Å². The second-order valence-electron chi connectivity index (χ2n) is 1.12. The first-order valence-corrected chi connectivity index (χ1v) is 2.70. The first kappa shape index (κ1) is 5.30. The van der Waals surface area contributed by atoms with E-state index < -0.39 is 0 Å². The third-order valence-corrected chi connectivity index (χ3v) is 1.19. The molecule has 5 heteroatoms. The molecule has 0 aliphatic heterocycles. The van der Waals surface area contributed by atoms with E-state index in [4.69, 9.17) is 0 Å². The topological polar surface area (TPSA) is 55.0 Å². The molecule has 0 aliphatic carbocycles. The first-order chi connectivity index (χ1) is 3.84. The number of ether oxygens (including phenoxy) is 1. The van der Waals surface area contributed by atoms with Crippen LogP contribution in [0.2, 0.25) is 0 Å². The van der Waals surface area contributed by atoms with Gasteiger partial charge < -0.3 is 4.74 Å². The van der Waals surface area contributed by atoms with Gasteiger partial charge in [-0.15, -0.1) is 4.37 Å². The number of aromatic amines is 1. The molecular formula is C3H4N2O2S. The fourth-order valence-electron chi connectivity index (χ4n) is 0.321. The highest BCUT2D eigenvalue weighted by atomic mass is 32.1. The van der Waals surface area contributed by atoms with Gasteiger partial charge in [0, 0.05) is 11.7 Å². The summed E-state index contributed by atoms with van der Waals surface area (Å²) in [6, 6.07) is 0. The van der Waals surface area contributed by atoms with Crippen LogP contribution in [-0.4, -0.2) is 15.9 Å². The summed E-state index contributed by atoms with van der Waals surface area (Å²) in [6.07, 6.45) is 0. The predicted molar refractivity (Wildman–Crippen MR) is 29.3 cm³/mol. The fourth-order valence-corrected chi connectivity index (χ4v) is 0.777. The minimum absolute atomic E-state index is 0.134. The quantitative estimate of drug-likeness (QED) is 0.577. The van der Waals surface area contributed by atoms with Gasteiger partial charge in [-0.3, -0.25) is 9.17 Å². The van der Waals surface area contributed by atoms with Crippen molar-refractivity contribution in [3.63, 3.8) is 0 Å². The molecular weight excluding hydrogens is 128 g/mol. The van der Waals surface area contributed by atoms with E-state index in [1.54, 1.807) is 0 Å². The summed E-state index contributed by atoms with van der Waals surface area (Å²) in [5.74, 6) is 0.134. The smallest absolute Gasteiger partial charge is 0.321 e. The maximum Gasteiger partial charge on any atom is 0.321 e. The highest BCUT2D eigenvalue weighted by Crippen LogP contribution is 1.93. The van der Waals surface area contributed by atoms with Crippen LogP contribution in [0.4, 0.5) is 0 Å². The third-order valence-electron chi connectivity index (χ3n) is 0.654. The number of nitrogens with one attached hydrogen (secondary N) is 1. The van der Waals surface area contributed by atoms with Crippen molar-refractivity contribution in [1.82, 2.24) is 8.75 Å². The third kappa shape index (κ3) is 0.717. The van der Waals surface area contributed by atoms with Crippen LogP contribution in [0.1, 0.15) is 0 Å². The predicted octanol–water partition coefficient (Wildman–Crippen LogP) is -0.160. The molecule has 0 atom stereocenters. The van der Waals surface area contributed by atoms with E-state index >= 15 is 0 Å². The molecule has 44 valence electrons. The van der Waals surface area contributed by atoms with E-state index in [9.17, 15) is 4.79 Å². The molecule has 8 heavy (non-hydrogen) atoms. The molecule has 0 aliphatic rings. The number of rotatable bonds is 1. The summed E-state index contributed by atoms with van der Waals surface area (Å²) in [7, 11) is 1.41. The van der Waals surface area contributed by atoms with Gasteiger partial charge in [-0.05, 0) is 0 Å². The van der Waals surface area contributed by atoms with Gasteiger partial charge in [0.1, 0.15) is 0 Å². The average Bonchev–Trinajstić information content (AvgIpc) is 2.14. The van der Waals surface area contributed by atoms with E-state index in [2.05, 4.69) is 13.5 Å². The Bertz CT molecular complexity index is 215. The Morgan fingerprint density at radius 2 is 2.62 bits per heavy atom. The molecule has 1 aromatic rings. The normalized spacial score (nSPS) is 9.12. The van der Waals surface area contributed by atoms with Crippen molar-refractivity contribution in [3.8, 4) is 5.88 Å². The number of hydrogen-bond donors (Lipinski definition) is 1. The molecule has 0 amide bonds. The fraction of sp³-hybridized carbons (Fsp3) is 0.333. The van der Waals surface area contributed by atoms with Crippen LogP contribution in [0.15, 0.2) is 4.79 Å². The molecule has 0 radical (unpaired) electrons. The summed E-state index contributed by atoms with van der Waals surface area (Å²) >= 11 is 0.978. The lowest BCUT2D eigenvalue weighted by Crippen LogP contribution is -2.01.